The molecular formula is C23H34IN3O2. The van der Waals surface area contributed by atoms with Gasteiger partial charge in [0.1, 0.15) is 5.76 Å². The average Bonchev–Trinajstić information content (AvgIpc) is 3.41. The first-order valence-electron chi connectivity index (χ1n) is 10.4. The normalized spacial score (nSPS) is 15.7. The molecule has 1 aromatic carbocycles. The highest BCUT2D eigenvalue weighted by Gasteiger charge is 2.33. The Morgan fingerprint density at radius 3 is 2.59 bits per heavy atom. The molecule has 1 fully saturated rings. The molecule has 0 saturated heterocycles. The van der Waals surface area contributed by atoms with Gasteiger partial charge in [0.15, 0.2) is 5.96 Å². The van der Waals surface area contributed by atoms with Gasteiger partial charge in [0, 0.05) is 33.2 Å². The summed E-state index contributed by atoms with van der Waals surface area (Å²) in [6.07, 6.45) is 8.82. The average molecular weight is 511 g/mol. The van der Waals surface area contributed by atoms with E-state index in [4.69, 9.17) is 14.1 Å². The first-order chi connectivity index (χ1) is 13.8. The fourth-order valence-electron chi connectivity index (χ4n) is 3.92. The van der Waals surface area contributed by atoms with Crippen molar-refractivity contribution < 1.29 is 9.15 Å². The Balaban J connectivity index is 0.00000300. The molecule has 0 aliphatic heterocycles. The molecule has 3 rings (SSSR count). The predicted molar refractivity (Wildman–Crippen MR) is 129 cm³/mol. The first-order valence-corrected chi connectivity index (χ1v) is 10.4. The Hall–Kier alpha value is -1.54. The maximum absolute atomic E-state index is 5.43. The highest BCUT2D eigenvalue weighted by Crippen LogP contribution is 2.40. The maximum atomic E-state index is 5.43. The van der Waals surface area contributed by atoms with E-state index in [1.165, 1.54) is 31.2 Å². The van der Waals surface area contributed by atoms with Crippen LogP contribution in [0.25, 0.3) is 0 Å². The highest BCUT2D eigenvalue weighted by atomic mass is 127. The number of methoxy groups -OCH3 is 1. The lowest BCUT2D eigenvalue weighted by Crippen LogP contribution is -2.44. The Kier molecular flexibility index (Phi) is 10.6. The van der Waals surface area contributed by atoms with Gasteiger partial charge < -0.3 is 19.8 Å². The van der Waals surface area contributed by atoms with Gasteiger partial charge in [-0.2, -0.15) is 0 Å². The van der Waals surface area contributed by atoms with Crippen molar-refractivity contribution in [3.05, 3.63) is 60.1 Å². The number of nitrogens with zero attached hydrogens (tertiary/aromatic N) is 1. The molecule has 0 spiro atoms. The minimum atomic E-state index is 0. The van der Waals surface area contributed by atoms with Crippen molar-refractivity contribution in [2.45, 2.75) is 45.1 Å². The molecule has 1 heterocycles. The number of rotatable bonds is 10. The number of halogens is 1. The Bertz CT molecular complexity index is 698. The molecule has 6 heteroatoms. The van der Waals surface area contributed by atoms with E-state index < -0.39 is 0 Å². The van der Waals surface area contributed by atoms with Crippen LogP contribution in [-0.4, -0.2) is 32.8 Å². The van der Waals surface area contributed by atoms with E-state index in [0.717, 1.165) is 44.3 Å². The fraction of sp³-hybridized carbons (Fsp3) is 0.522. The number of nitrogens with one attached hydrogen (secondary N) is 2. The van der Waals surface area contributed by atoms with E-state index in [1.807, 2.05) is 18.2 Å². The molecule has 0 unspecified atom stereocenters. The third kappa shape index (κ3) is 8.01. The summed E-state index contributed by atoms with van der Waals surface area (Å²) in [5.41, 5.74) is 1.54. The number of ether oxygens (including phenoxy) is 1. The number of benzene rings is 1. The molecule has 1 saturated carbocycles. The summed E-state index contributed by atoms with van der Waals surface area (Å²) in [5, 5.41) is 7.09. The van der Waals surface area contributed by atoms with Crippen molar-refractivity contribution in [2.75, 3.05) is 26.8 Å². The highest BCUT2D eigenvalue weighted by molar-refractivity contribution is 14.0. The predicted octanol–water partition coefficient (Wildman–Crippen LogP) is 4.77. The zero-order valence-electron chi connectivity index (χ0n) is 17.4. The van der Waals surface area contributed by atoms with Gasteiger partial charge in [-0.3, -0.25) is 0 Å². The number of hydrogen-bond donors (Lipinski definition) is 2. The lowest BCUT2D eigenvalue weighted by atomic mass is 9.83. The lowest BCUT2D eigenvalue weighted by Gasteiger charge is -2.30. The zero-order valence-corrected chi connectivity index (χ0v) is 19.7. The molecule has 1 aliphatic carbocycles. The standard InChI is InChI=1S/C23H33N3O2.HI/c1-27-17-14-23(12-5-6-13-23)19-26-22(24-15-11-21-10-7-16-28-21)25-18-20-8-3-2-4-9-20;/h2-4,7-10,16H,5-6,11-15,17-19H2,1H3,(H2,24,25,26);1H. The van der Waals surface area contributed by atoms with Crippen molar-refractivity contribution in [2.24, 2.45) is 10.4 Å². The molecule has 0 atom stereocenters. The molecule has 2 aromatic rings. The topological polar surface area (TPSA) is 58.8 Å². The van der Waals surface area contributed by atoms with Crippen LogP contribution in [0.5, 0.6) is 0 Å². The summed E-state index contributed by atoms with van der Waals surface area (Å²) in [5.74, 6) is 1.86. The molecular weight excluding hydrogens is 477 g/mol. The zero-order chi connectivity index (χ0) is 19.5. The van der Waals surface area contributed by atoms with Crippen molar-refractivity contribution >= 4 is 29.9 Å². The molecule has 0 amide bonds. The largest absolute Gasteiger partial charge is 0.469 e. The third-order valence-electron chi connectivity index (χ3n) is 5.64. The third-order valence-corrected chi connectivity index (χ3v) is 5.64. The van der Waals surface area contributed by atoms with Crippen LogP contribution in [0.1, 0.15) is 43.4 Å². The van der Waals surface area contributed by atoms with Crippen LogP contribution in [0, 0.1) is 5.41 Å². The Labute approximate surface area is 191 Å². The summed E-state index contributed by atoms with van der Waals surface area (Å²) in [6, 6.07) is 14.3. The quantitative estimate of drug-likeness (QED) is 0.274. The monoisotopic (exact) mass is 511 g/mol. The SMILES string of the molecule is COCCC1(CNC(=NCc2ccccc2)NCCc2ccco2)CCCC1.I. The van der Waals surface area contributed by atoms with Crippen molar-refractivity contribution in [3.8, 4) is 0 Å². The van der Waals surface area contributed by atoms with Gasteiger partial charge in [-0.25, -0.2) is 4.99 Å². The van der Waals surface area contributed by atoms with Gasteiger partial charge in [-0.1, -0.05) is 43.2 Å². The second kappa shape index (κ2) is 12.9. The second-order valence-electron chi connectivity index (χ2n) is 7.71. The van der Waals surface area contributed by atoms with E-state index in [1.54, 1.807) is 13.4 Å². The fourth-order valence-corrected chi connectivity index (χ4v) is 3.92. The minimum Gasteiger partial charge on any atom is -0.469 e. The van der Waals surface area contributed by atoms with E-state index in [9.17, 15) is 0 Å². The number of furan rings is 1. The van der Waals surface area contributed by atoms with Gasteiger partial charge in [-0.05, 0) is 42.4 Å². The molecule has 0 radical (unpaired) electrons. The van der Waals surface area contributed by atoms with Gasteiger partial charge in [0.2, 0.25) is 0 Å². The van der Waals surface area contributed by atoms with Gasteiger partial charge in [0.25, 0.3) is 0 Å². The molecule has 1 aliphatic rings. The summed E-state index contributed by atoms with van der Waals surface area (Å²) in [4.78, 5) is 4.82. The van der Waals surface area contributed by atoms with Gasteiger partial charge in [-0.15, -0.1) is 24.0 Å². The van der Waals surface area contributed by atoms with E-state index in [2.05, 4.69) is 34.9 Å². The van der Waals surface area contributed by atoms with Crippen LogP contribution in [0.15, 0.2) is 58.1 Å². The molecule has 29 heavy (non-hydrogen) atoms. The van der Waals surface area contributed by atoms with Crippen LogP contribution in [0.3, 0.4) is 0 Å². The van der Waals surface area contributed by atoms with Crippen LogP contribution in [0.4, 0.5) is 0 Å². The number of hydrogen-bond acceptors (Lipinski definition) is 3. The van der Waals surface area contributed by atoms with E-state index in [-0.39, 0.29) is 24.0 Å². The molecule has 1 aromatic heterocycles. The first kappa shape index (κ1) is 23.7. The molecule has 0 bridgehead atoms. The van der Waals surface area contributed by atoms with Crippen LogP contribution >= 0.6 is 24.0 Å². The summed E-state index contributed by atoms with van der Waals surface area (Å²) in [7, 11) is 1.79. The van der Waals surface area contributed by atoms with Crippen LogP contribution in [-0.2, 0) is 17.7 Å². The van der Waals surface area contributed by atoms with Crippen LogP contribution in [0.2, 0.25) is 0 Å². The number of aliphatic imine (C=N–C) groups is 1. The summed E-state index contributed by atoms with van der Waals surface area (Å²) in [6.45, 7) is 3.23. The van der Waals surface area contributed by atoms with Gasteiger partial charge >= 0.3 is 0 Å². The maximum Gasteiger partial charge on any atom is 0.191 e. The number of guanidine groups is 1. The van der Waals surface area contributed by atoms with E-state index >= 15 is 0 Å². The molecule has 5 nitrogen and oxygen atoms in total. The summed E-state index contributed by atoms with van der Waals surface area (Å²) < 4.78 is 10.8. The van der Waals surface area contributed by atoms with Crippen molar-refractivity contribution in [1.29, 1.82) is 0 Å². The molecule has 160 valence electrons. The van der Waals surface area contributed by atoms with E-state index in [0.29, 0.717) is 12.0 Å². The van der Waals surface area contributed by atoms with Gasteiger partial charge in [0.05, 0.1) is 12.8 Å². The smallest absolute Gasteiger partial charge is 0.191 e. The van der Waals surface area contributed by atoms with Crippen molar-refractivity contribution in [3.63, 3.8) is 0 Å². The van der Waals surface area contributed by atoms with Crippen molar-refractivity contribution in [1.82, 2.24) is 10.6 Å². The Morgan fingerprint density at radius 2 is 1.90 bits per heavy atom. The minimum absolute atomic E-state index is 0. The summed E-state index contributed by atoms with van der Waals surface area (Å²) >= 11 is 0. The lowest BCUT2D eigenvalue weighted by molar-refractivity contribution is 0.138. The molecule has 2 N–H and O–H groups in total. The second-order valence-corrected chi connectivity index (χ2v) is 7.71. The Morgan fingerprint density at radius 1 is 1.10 bits per heavy atom. The van der Waals surface area contributed by atoms with Crippen LogP contribution < -0.4 is 10.6 Å².